The van der Waals surface area contributed by atoms with Crippen LogP contribution in [-0.4, -0.2) is 20.2 Å². The summed E-state index contributed by atoms with van der Waals surface area (Å²) >= 11 is 1.13. The Labute approximate surface area is 160 Å². The van der Waals surface area contributed by atoms with E-state index in [4.69, 9.17) is 0 Å². The van der Waals surface area contributed by atoms with Gasteiger partial charge in [0.05, 0.1) is 0 Å². The third kappa shape index (κ3) is 4.16. The normalized spacial score (nSPS) is 10.4. The Bertz CT molecular complexity index is 1050. The van der Waals surface area contributed by atoms with Crippen molar-refractivity contribution in [1.29, 1.82) is 0 Å². The molecule has 2 N–H and O–H groups in total. The van der Waals surface area contributed by atoms with Crippen molar-refractivity contribution in [2.24, 2.45) is 0 Å². The lowest BCUT2D eigenvalue weighted by Gasteiger charge is -2.08. The average molecular weight is 373 g/mol. The molecule has 0 fully saturated rings. The van der Waals surface area contributed by atoms with Crippen molar-refractivity contribution < 1.29 is 4.79 Å². The first-order valence-electron chi connectivity index (χ1n) is 8.26. The average Bonchev–Trinajstić information content (AvgIpc) is 3.18. The molecule has 0 saturated heterocycles. The SMILES string of the molecule is O=C(Nc1nc(-c2ccccn2)ns1)c1cccc(Nc2ccccc2)c1. The summed E-state index contributed by atoms with van der Waals surface area (Å²) in [6.45, 7) is 0. The van der Waals surface area contributed by atoms with Crippen LogP contribution in [0.2, 0.25) is 0 Å². The molecule has 4 rings (SSSR count). The lowest BCUT2D eigenvalue weighted by atomic mass is 10.2. The summed E-state index contributed by atoms with van der Waals surface area (Å²) in [4.78, 5) is 21.1. The maximum absolute atomic E-state index is 12.5. The van der Waals surface area contributed by atoms with Gasteiger partial charge >= 0.3 is 0 Å². The molecule has 2 heterocycles. The first kappa shape index (κ1) is 16.9. The quantitative estimate of drug-likeness (QED) is 0.535. The Morgan fingerprint density at radius 3 is 2.52 bits per heavy atom. The number of rotatable bonds is 5. The number of para-hydroxylation sites is 1. The highest BCUT2D eigenvalue weighted by Crippen LogP contribution is 2.21. The Morgan fingerprint density at radius 1 is 0.889 bits per heavy atom. The van der Waals surface area contributed by atoms with E-state index in [1.807, 2.05) is 60.7 Å². The highest BCUT2D eigenvalue weighted by molar-refractivity contribution is 7.10. The smallest absolute Gasteiger partial charge is 0.257 e. The summed E-state index contributed by atoms with van der Waals surface area (Å²) in [5.74, 6) is 0.255. The van der Waals surface area contributed by atoms with Crippen LogP contribution >= 0.6 is 11.5 Å². The topological polar surface area (TPSA) is 79.8 Å². The molecule has 0 aliphatic heterocycles. The second-order valence-electron chi connectivity index (χ2n) is 5.66. The molecule has 132 valence electrons. The van der Waals surface area contributed by atoms with Crippen molar-refractivity contribution in [3.8, 4) is 11.5 Å². The third-order valence-electron chi connectivity index (χ3n) is 3.73. The van der Waals surface area contributed by atoms with Gasteiger partial charge in [-0.25, -0.2) is 0 Å². The van der Waals surface area contributed by atoms with E-state index in [1.54, 1.807) is 18.3 Å². The molecule has 0 aliphatic rings. The Balaban J connectivity index is 1.47. The first-order chi connectivity index (χ1) is 13.3. The zero-order valence-corrected chi connectivity index (χ0v) is 15.0. The summed E-state index contributed by atoms with van der Waals surface area (Å²) in [6.07, 6.45) is 1.68. The molecular formula is C20H15N5OS. The first-order valence-corrected chi connectivity index (χ1v) is 9.04. The number of carbonyl (C=O) groups excluding carboxylic acids is 1. The lowest BCUT2D eigenvalue weighted by Crippen LogP contribution is -2.11. The van der Waals surface area contributed by atoms with E-state index in [-0.39, 0.29) is 5.91 Å². The fraction of sp³-hybridized carbons (Fsp3) is 0. The molecule has 0 aliphatic carbocycles. The number of aromatic nitrogens is 3. The molecule has 27 heavy (non-hydrogen) atoms. The zero-order chi connectivity index (χ0) is 18.5. The van der Waals surface area contributed by atoms with E-state index in [2.05, 4.69) is 25.0 Å². The number of nitrogens with one attached hydrogen (secondary N) is 2. The second-order valence-corrected chi connectivity index (χ2v) is 6.42. The van der Waals surface area contributed by atoms with Crippen molar-refractivity contribution >= 4 is 33.9 Å². The molecule has 2 aromatic carbocycles. The number of pyridine rings is 1. The van der Waals surface area contributed by atoms with Gasteiger partial charge in [-0.3, -0.25) is 15.1 Å². The van der Waals surface area contributed by atoms with Crippen molar-refractivity contribution in [2.75, 3.05) is 10.6 Å². The number of hydrogen-bond acceptors (Lipinski definition) is 6. The van der Waals surface area contributed by atoms with E-state index in [0.717, 1.165) is 22.9 Å². The summed E-state index contributed by atoms with van der Waals surface area (Å²) in [5.41, 5.74) is 2.99. The molecule has 0 bridgehead atoms. The fourth-order valence-electron chi connectivity index (χ4n) is 2.47. The van der Waals surface area contributed by atoms with E-state index in [9.17, 15) is 4.79 Å². The van der Waals surface area contributed by atoms with Crippen LogP contribution in [0.25, 0.3) is 11.5 Å². The van der Waals surface area contributed by atoms with Crippen LogP contribution in [0.5, 0.6) is 0 Å². The highest BCUT2D eigenvalue weighted by Gasteiger charge is 2.12. The van der Waals surface area contributed by atoms with Crippen LogP contribution in [0.4, 0.5) is 16.5 Å². The van der Waals surface area contributed by atoms with Gasteiger partial charge in [-0.2, -0.15) is 9.36 Å². The molecule has 0 unspecified atom stereocenters. The van der Waals surface area contributed by atoms with E-state index < -0.39 is 0 Å². The number of carbonyl (C=O) groups is 1. The predicted octanol–water partition coefficient (Wildman–Crippen LogP) is 4.60. The number of nitrogens with zero attached hydrogens (tertiary/aromatic N) is 3. The highest BCUT2D eigenvalue weighted by atomic mass is 32.1. The van der Waals surface area contributed by atoms with E-state index in [0.29, 0.717) is 22.2 Å². The summed E-state index contributed by atoms with van der Waals surface area (Å²) in [7, 11) is 0. The lowest BCUT2D eigenvalue weighted by molar-refractivity contribution is 0.102. The Hall–Kier alpha value is -3.58. The minimum absolute atomic E-state index is 0.240. The molecule has 2 aromatic heterocycles. The Kier molecular flexibility index (Phi) is 4.84. The maximum atomic E-state index is 12.5. The van der Waals surface area contributed by atoms with Crippen LogP contribution in [-0.2, 0) is 0 Å². The minimum Gasteiger partial charge on any atom is -0.356 e. The van der Waals surface area contributed by atoms with Gasteiger partial charge in [-0.05, 0) is 42.5 Å². The van der Waals surface area contributed by atoms with Gasteiger partial charge in [0.15, 0.2) is 5.82 Å². The van der Waals surface area contributed by atoms with Gasteiger partial charge < -0.3 is 5.32 Å². The predicted molar refractivity (Wildman–Crippen MR) is 107 cm³/mol. The minimum atomic E-state index is -0.240. The van der Waals surface area contributed by atoms with Crippen molar-refractivity contribution in [2.45, 2.75) is 0 Å². The van der Waals surface area contributed by atoms with Crippen LogP contribution in [0.15, 0.2) is 79.0 Å². The maximum Gasteiger partial charge on any atom is 0.257 e. The number of anilines is 3. The van der Waals surface area contributed by atoms with Gasteiger partial charge in [0, 0.05) is 34.7 Å². The molecule has 7 heteroatoms. The number of amides is 1. The molecule has 6 nitrogen and oxygen atoms in total. The van der Waals surface area contributed by atoms with Gasteiger partial charge in [-0.15, -0.1) is 0 Å². The number of hydrogen-bond donors (Lipinski definition) is 2. The second kappa shape index (κ2) is 7.76. The molecule has 0 spiro atoms. The standard InChI is InChI=1S/C20H15N5OS/c26-19(24-20-23-18(25-27-20)17-11-4-5-12-21-17)14-7-6-10-16(13-14)22-15-8-2-1-3-9-15/h1-13,22H,(H,23,24,25,26). The molecular weight excluding hydrogens is 358 g/mol. The molecule has 1 amide bonds. The van der Waals surface area contributed by atoms with Crippen LogP contribution < -0.4 is 10.6 Å². The van der Waals surface area contributed by atoms with Gasteiger partial charge in [-0.1, -0.05) is 30.3 Å². The zero-order valence-electron chi connectivity index (χ0n) is 14.2. The van der Waals surface area contributed by atoms with Crippen molar-refractivity contribution in [1.82, 2.24) is 14.3 Å². The van der Waals surface area contributed by atoms with E-state index >= 15 is 0 Å². The van der Waals surface area contributed by atoms with Gasteiger partial charge in [0.1, 0.15) is 5.69 Å². The monoisotopic (exact) mass is 373 g/mol. The molecule has 0 radical (unpaired) electrons. The molecule has 4 aromatic rings. The van der Waals surface area contributed by atoms with Crippen LogP contribution in [0, 0.1) is 0 Å². The van der Waals surface area contributed by atoms with Gasteiger partial charge in [0.2, 0.25) is 5.13 Å². The van der Waals surface area contributed by atoms with Crippen molar-refractivity contribution in [3.63, 3.8) is 0 Å². The Morgan fingerprint density at radius 2 is 1.70 bits per heavy atom. The number of benzene rings is 2. The summed E-state index contributed by atoms with van der Waals surface area (Å²) < 4.78 is 4.25. The largest absolute Gasteiger partial charge is 0.356 e. The molecule has 0 atom stereocenters. The summed E-state index contributed by atoms with van der Waals surface area (Å²) in [5, 5.41) is 6.50. The summed E-state index contributed by atoms with van der Waals surface area (Å²) in [6, 6.07) is 22.6. The fourth-order valence-corrected chi connectivity index (χ4v) is 3.04. The van der Waals surface area contributed by atoms with Crippen molar-refractivity contribution in [3.05, 3.63) is 84.6 Å². The van der Waals surface area contributed by atoms with Crippen LogP contribution in [0.3, 0.4) is 0 Å². The molecule has 0 saturated carbocycles. The van der Waals surface area contributed by atoms with E-state index in [1.165, 1.54) is 0 Å². The van der Waals surface area contributed by atoms with Crippen LogP contribution in [0.1, 0.15) is 10.4 Å². The third-order valence-corrected chi connectivity index (χ3v) is 4.36. The van der Waals surface area contributed by atoms with Gasteiger partial charge in [0.25, 0.3) is 5.91 Å².